The lowest BCUT2D eigenvalue weighted by atomic mass is 10.0. The molecule has 0 radical (unpaired) electrons. The van der Waals surface area contributed by atoms with Crippen LogP contribution in [0.5, 0.6) is 0 Å². The summed E-state index contributed by atoms with van der Waals surface area (Å²) in [7, 11) is -2.84. The summed E-state index contributed by atoms with van der Waals surface area (Å²) >= 11 is 2.80. The lowest BCUT2D eigenvalue weighted by molar-refractivity contribution is -0.149. The molecule has 0 spiro atoms. The third-order valence-electron chi connectivity index (χ3n) is 4.44. The SMILES string of the molecule is COP(=O)(O)C1N2C(=O)C(NC(=O)[C@H](N)c3ccsc3)[C@H]2SC1(C)C. The Bertz CT molecular complexity index is 741. The normalized spacial score (nSPS) is 31.0. The molecule has 1 aromatic rings. The first kappa shape index (κ1) is 18.9. The maximum Gasteiger partial charge on any atom is 0.351 e. The van der Waals surface area contributed by atoms with Gasteiger partial charge >= 0.3 is 7.60 Å². The third kappa shape index (κ3) is 3.05. The molecule has 25 heavy (non-hydrogen) atoms. The number of rotatable bonds is 5. The van der Waals surface area contributed by atoms with Crippen LogP contribution in [-0.4, -0.2) is 50.7 Å². The number of hydrogen-bond acceptors (Lipinski definition) is 7. The van der Waals surface area contributed by atoms with Gasteiger partial charge in [-0.15, -0.1) is 11.8 Å². The second-order valence-corrected chi connectivity index (χ2v) is 11.0. The fourth-order valence-corrected chi connectivity index (χ4v) is 7.65. The van der Waals surface area contributed by atoms with Crippen molar-refractivity contribution in [2.45, 2.75) is 41.8 Å². The molecule has 2 aliphatic heterocycles. The zero-order chi connectivity index (χ0) is 18.6. The maximum absolute atomic E-state index is 12.5. The van der Waals surface area contributed by atoms with Gasteiger partial charge < -0.3 is 25.4 Å². The topological polar surface area (TPSA) is 122 Å². The summed E-state index contributed by atoms with van der Waals surface area (Å²) in [5.41, 5.74) is 6.61. The van der Waals surface area contributed by atoms with Crippen molar-refractivity contribution in [3.05, 3.63) is 22.4 Å². The molecule has 3 heterocycles. The molecular formula is C14H20N3O5PS2. The summed E-state index contributed by atoms with van der Waals surface area (Å²) in [6.07, 6.45) is 0. The van der Waals surface area contributed by atoms with E-state index in [1.54, 1.807) is 25.3 Å². The molecule has 0 bridgehead atoms. The molecule has 0 aromatic carbocycles. The van der Waals surface area contributed by atoms with E-state index >= 15 is 0 Å². The van der Waals surface area contributed by atoms with Crippen LogP contribution in [0.3, 0.4) is 0 Å². The molecule has 3 unspecified atom stereocenters. The first-order chi connectivity index (χ1) is 11.6. The van der Waals surface area contributed by atoms with E-state index in [2.05, 4.69) is 5.32 Å². The van der Waals surface area contributed by atoms with Gasteiger partial charge in [0.2, 0.25) is 11.8 Å². The van der Waals surface area contributed by atoms with Crippen molar-refractivity contribution in [2.75, 3.05) is 7.11 Å². The van der Waals surface area contributed by atoms with Crippen molar-refractivity contribution in [1.29, 1.82) is 0 Å². The van der Waals surface area contributed by atoms with Gasteiger partial charge in [0.15, 0.2) is 0 Å². The molecule has 2 amide bonds. The van der Waals surface area contributed by atoms with E-state index in [-0.39, 0.29) is 0 Å². The van der Waals surface area contributed by atoms with E-state index < -0.39 is 47.4 Å². The number of fused-ring (bicyclic) bond motifs is 1. The van der Waals surface area contributed by atoms with Crippen LogP contribution in [0.2, 0.25) is 0 Å². The average Bonchev–Trinajstić information content (AvgIpc) is 3.16. The predicted octanol–water partition coefficient (Wildman–Crippen LogP) is 1.08. The van der Waals surface area contributed by atoms with Gasteiger partial charge in [-0.05, 0) is 36.2 Å². The largest absolute Gasteiger partial charge is 0.351 e. The van der Waals surface area contributed by atoms with Gasteiger partial charge in [0.25, 0.3) is 0 Å². The Morgan fingerprint density at radius 2 is 2.24 bits per heavy atom. The molecule has 0 aliphatic carbocycles. The zero-order valence-corrected chi connectivity index (χ0v) is 16.4. The van der Waals surface area contributed by atoms with Crippen LogP contribution in [0.25, 0.3) is 0 Å². The number of thioether (sulfide) groups is 1. The molecule has 2 saturated heterocycles. The van der Waals surface area contributed by atoms with Gasteiger partial charge in [-0.25, -0.2) is 0 Å². The molecule has 1 aromatic heterocycles. The zero-order valence-electron chi connectivity index (χ0n) is 13.9. The van der Waals surface area contributed by atoms with E-state index in [4.69, 9.17) is 10.3 Å². The number of nitrogens with one attached hydrogen (secondary N) is 1. The van der Waals surface area contributed by atoms with Crippen LogP contribution < -0.4 is 11.1 Å². The first-order valence-electron chi connectivity index (χ1n) is 7.56. The molecule has 5 atom stereocenters. The highest BCUT2D eigenvalue weighted by atomic mass is 32.2. The molecule has 2 aliphatic rings. The van der Waals surface area contributed by atoms with Gasteiger partial charge in [-0.2, -0.15) is 11.3 Å². The summed E-state index contributed by atoms with van der Waals surface area (Å²) in [4.78, 5) is 36.3. The molecule has 3 rings (SSSR count). The molecule has 0 saturated carbocycles. The van der Waals surface area contributed by atoms with E-state index in [0.717, 1.165) is 7.11 Å². The summed E-state index contributed by atoms with van der Waals surface area (Å²) in [6, 6.07) is 0.142. The van der Waals surface area contributed by atoms with Gasteiger partial charge in [0.05, 0.1) is 0 Å². The van der Waals surface area contributed by atoms with Crippen LogP contribution >= 0.6 is 30.7 Å². The summed E-state index contributed by atoms with van der Waals surface area (Å²) in [6.45, 7) is 3.57. The Hall–Kier alpha value is -0.900. The summed E-state index contributed by atoms with van der Waals surface area (Å²) in [5.74, 6) is -1.80. The first-order valence-corrected chi connectivity index (χ1v) is 11.0. The fraction of sp³-hybridized carbons (Fsp3) is 0.571. The van der Waals surface area contributed by atoms with E-state index in [9.17, 15) is 19.0 Å². The summed E-state index contributed by atoms with van der Waals surface area (Å²) in [5, 5.41) is 5.86. The minimum Gasteiger partial charge on any atom is -0.340 e. The van der Waals surface area contributed by atoms with Crippen LogP contribution in [0.4, 0.5) is 0 Å². The van der Waals surface area contributed by atoms with E-state index in [1.165, 1.54) is 28.0 Å². The number of β-lactam (4-membered cyclic amide) rings is 1. The Morgan fingerprint density at radius 1 is 1.56 bits per heavy atom. The van der Waals surface area contributed by atoms with Crippen molar-refractivity contribution in [3.8, 4) is 0 Å². The van der Waals surface area contributed by atoms with Gasteiger partial charge in [0.1, 0.15) is 23.2 Å². The number of thiophene rings is 1. The van der Waals surface area contributed by atoms with Crippen molar-refractivity contribution in [2.24, 2.45) is 5.73 Å². The summed E-state index contributed by atoms with van der Waals surface area (Å²) < 4.78 is 16.4. The van der Waals surface area contributed by atoms with Crippen molar-refractivity contribution in [3.63, 3.8) is 0 Å². The number of nitrogens with two attached hydrogens (primary N) is 1. The van der Waals surface area contributed by atoms with Crippen molar-refractivity contribution < 1.29 is 23.6 Å². The standard InChI is InChI=1S/C14H20N3O5PS2/c1-14(2)13(23(20,21)22-3)17-11(19)9(12(17)25-14)16-10(18)8(15)7-4-5-24-6-7/h4-6,8-9,12-13H,15H2,1-3H3,(H,16,18)(H,20,21)/t8-,9?,12-,13?/m1/s1. The highest BCUT2D eigenvalue weighted by Crippen LogP contribution is 2.64. The smallest absolute Gasteiger partial charge is 0.340 e. The minimum absolute atomic E-state index is 0.398. The molecule has 4 N–H and O–H groups in total. The van der Waals surface area contributed by atoms with E-state index in [0.29, 0.717) is 5.56 Å². The minimum atomic E-state index is -3.99. The lowest BCUT2D eigenvalue weighted by Crippen LogP contribution is -2.69. The molecule has 138 valence electrons. The number of amides is 2. The molecular weight excluding hydrogens is 385 g/mol. The predicted molar refractivity (Wildman–Crippen MR) is 96.1 cm³/mol. The number of nitrogens with zero attached hydrogens (tertiary/aromatic N) is 1. The van der Waals surface area contributed by atoms with Crippen molar-refractivity contribution in [1.82, 2.24) is 10.2 Å². The Labute approximate surface area is 153 Å². The van der Waals surface area contributed by atoms with Crippen LogP contribution in [-0.2, 0) is 18.7 Å². The number of hydrogen-bond donors (Lipinski definition) is 3. The van der Waals surface area contributed by atoms with Crippen LogP contribution in [0.15, 0.2) is 16.8 Å². The van der Waals surface area contributed by atoms with Crippen molar-refractivity contribution >= 4 is 42.5 Å². The fourth-order valence-electron chi connectivity index (χ4n) is 3.21. The number of carbonyl (C=O) groups is 2. The highest BCUT2D eigenvalue weighted by Gasteiger charge is 2.67. The quantitative estimate of drug-likeness (QED) is 0.495. The Balaban J connectivity index is 1.75. The van der Waals surface area contributed by atoms with Gasteiger partial charge in [0, 0.05) is 11.9 Å². The lowest BCUT2D eigenvalue weighted by Gasteiger charge is -2.45. The van der Waals surface area contributed by atoms with Gasteiger partial charge in [-0.3, -0.25) is 14.2 Å². The Kier molecular flexibility index (Phi) is 4.81. The van der Waals surface area contributed by atoms with Crippen LogP contribution in [0.1, 0.15) is 25.5 Å². The second-order valence-electron chi connectivity index (χ2n) is 6.50. The van der Waals surface area contributed by atoms with E-state index in [1.807, 2.05) is 5.38 Å². The number of carbonyl (C=O) groups excluding carboxylic acids is 2. The monoisotopic (exact) mass is 405 g/mol. The third-order valence-corrected chi connectivity index (χ3v) is 8.93. The highest BCUT2D eigenvalue weighted by molar-refractivity contribution is 8.02. The maximum atomic E-state index is 12.5. The Morgan fingerprint density at radius 3 is 2.80 bits per heavy atom. The molecule has 2 fully saturated rings. The molecule has 11 heteroatoms. The second kappa shape index (κ2) is 6.37. The average molecular weight is 405 g/mol. The van der Waals surface area contributed by atoms with Gasteiger partial charge in [-0.1, -0.05) is 0 Å². The van der Waals surface area contributed by atoms with Crippen LogP contribution in [0, 0.1) is 0 Å². The molecule has 8 nitrogen and oxygen atoms in total.